The number of rotatable bonds is 7. The second-order valence-electron chi connectivity index (χ2n) is 7.51. The predicted molar refractivity (Wildman–Crippen MR) is 110 cm³/mol. The molecule has 3 rings (SSSR count). The van der Waals surface area contributed by atoms with E-state index in [-0.39, 0.29) is 11.6 Å². The van der Waals surface area contributed by atoms with Gasteiger partial charge in [-0.1, -0.05) is 32.0 Å². The molecule has 2 atom stereocenters. The number of hydrogen-bond donors (Lipinski definition) is 4. The lowest BCUT2D eigenvalue weighted by Gasteiger charge is -2.21. The minimum atomic E-state index is -1.14. The zero-order valence-electron chi connectivity index (χ0n) is 16.5. The fraction of sp³-hybridized carbons (Fsp3) is 0.333. The normalized spacial score (nSPS) is 13.4. The number of nitrogens with zero attached hydrogens (tertiary/aromatic N) is 1. The summed E-state index contributed by atoms with van der Waals surface area (Å²) < 4.78 is 0. The number of para-hydroxylation sites is 1. The Labute approximate surface area is 167 Å². The SMILES string of the molecule is CC(C)CC(NC(=O)c1cc2c(cn1)[nH]c1ccccc12)C(=O)NC(C)C(=O)O. The standard InChI is InChI=1S/C21H24N4O4/c1-11(2)8-17(20(27)23-12(3)21(28)29)25-19(26)16-9-14-13-6-4-5-7-15(13)24-18(14)10-22-16/h4-7,9-12,17,24H,8H2,1-3H3,(H,23,27)(H,25,26)(H,28,29). The number of carboxylic acids is 1. The highest BCUT2D eigenvalue weighted by molar-refractivity contribution is 6.09. The molecule has 2 unspecified atom stereocenters. The summed E-state index contributed by atoms with van der Waals surface area (Å²) in [6.07, 6.45) is 1.97. The molecule has 8 heteroatoms. The van der Waals surface area contributed by atoms with Crippen molar-refractivity contribution in [3.05, 3.63) is 42.2 Å². The fourth-order valence-electron chi connectivity index (χ4n) is 3.18. The number of benzene rings is 1. The minimum Gasteiger partial charge on any atom is -0.480 e. The largest absolute Gasteiger partial charge is 0.480 e. The van der Waals surface area contributed by atoms with E-state index in [2.05, 4.69) is 20.6 Å². The predicted octanol–water partition coefficient (Wildman–Crippen LogP) is 2.45. The number of aliphatic carboxylic acids is 1. The highest BCUT2D eigenvalue weighted by atomic mass is 16.4. The maximum atomic E-state index is 12.8. The van der Waals surface area contributed by atoms with Crippen LogP contribution in [0.3, 0.4) is 0 Å². The van der Waals surface area contributed by atoms with Gasteiger partial charge < -0.3 is 20.7 Å². The number of pyridine rings is 1. The number of aromatic amines is 1. The molecule has 0 spiro atoms. The Morgan fingerprint density at radius 3 is 2.48 bits per heavy atom. The maximum Gasteiger partial charge on any atom is 0.325 e. The second kappa shape index (κ2) is 8.30. The van der Waals surface area contributed by atoms with Crippen LogP contribution >= 0.6 is 0 Å². The summed E-state index contributed by atoms with van der Waals surface area (Å²) in [4.78, 5) is 43.7. The third-order valence-electron chi connectivity index (χ3n) is 4.68. The van der Waals surface area contributed by atoms with Gasteiger partial charge in [-0.15, -0.1) is 0 Å². The third-order valence-corrected chi connectivity index (χ3v) is 4.68. The van der Waals surface area contributed by atoms with Gasteiger partial charge in [0, 0.05) is 16.3 Å². The van der Waals surface area contributed by atoms with Crippen molar-refractivity contribution in [2.24, 2.45) is 5.92 Å². The monoisotopic (exact) mass is 396 g/mol. The molecule has 0 aliphatic heterocycles. The van der Waals surface area contributed by atoms with Crippen LogP contribution in [-0.4, -0.2) is 44.9 Å². The minimum absolute atomic E-state index is 0.121. The van der Waals surface area contributed by atoms with Crippen LogP contribution in [0.25, 0.3) is 21.8 Å². The summed E-state index contributed by atoms with van der Waals surface area (Å²) in [5.74, 6) is -2.04. The van der Waals surface area contributed by atoms with E-state index in [0.717, 1.165) is 21.8 Å². The summed E-state index contributed by atoms with van der Waals surface area (Å²) in [6, 6.07) is 7.53. The molecule has 0 fully saturated rings. The molecule has 0 aliphatic carbocycles. The number of carboxylic acid groups (broad SMARTS) is 1. The summed E-state index contributed by atoms with van der Waals surface area (Å²) in [5, 5.41) is 16.0. The summed E-state index contributed by atoms with van der Waals surface area (Å²) in [6.45, 7) is 5.22. The van der Waals surface area contributed by atoms with Crippen molar-refractivity contribution in [2.75, 3.05) is 0 Å². The summed E-state index contributed by atoms with van der Waals surface area (Å²) in [5.41, 5.74) is 1.95. The first-order chi connectivity index (χ1) is 13.8. The number of H-pyrrole nitrogens is 1. The van der Waals surface area contributed by atoms with E-state index in [4.69, 9.17) is 5.11 Å². The van der Waals surface area contributed by atoms with Crippen LogP contribution in [0, 0.1) is 5.92 Å². The third kappa shape index (κ3) is 4.53. The van der Waals surface area contributed by atoms with E-state index in [0.29, 0.717) is 6.42 Å². The Morgan fingerprint density at radius 2 is 1.79 bits per heavy atom. The Morgan fingerprint density at radius 1 is 1.07 bits per heavy atom. The van der Waals surface area contributed by atoms with Crippen molar-refractivity contribution in [2.45, 2.75) is 39.3 Å². The molecule has 4 N–H and O–H groups in total. The molecular weight excluding hydrogens is 372 g/mol. The van der Waals surface area contributed by atoms with Crippen LogP contribution in [0.1, 0.15) is 37.7 Å². The van der Waals surface area contributed by atoms with E-state index in [1.54, 1.807) is 12.3 Å². The highest BCUT2D eigenvalue weighted by Crippen LogP contribution is 2.25. The van der Waals surface area contributed by atoms with Gasteiger partial charge in [0.2, 0.25) is 5.91 Å². The quantitative estimate of drug-likeness (QED) is 0.488. The molecule has 2 amide bonds. The smallest absolute Gasteiger partial charge is 0.325 e. The van der Waals surface area contributed by atoms with E-state index >= 15 is 0 Å². The Kier molecular flexibility index (Phi) is 5.81. The lowest BCUT2D eigenvalue weighted by molar-refractivity contribution is -0.141. The van der Waals surface area contributed by atoms with Crippen LogP contribution in [0.15, 0.2) is 36.5 Å². The van der Waals surface area contributed by atoms with Gasteiger partial charge >= 0.3 is 5.97 Å². The van der Waals surface area contributed by atoms with Crippen molar-refractivity contribution in [1.82, 2.24) is 20.6 Å². The van der Waals surface area contributed by atoms with Crippen molar-refractivity contribution < 1.29 is 19.5 Å². The summed E-state index contributed by atoms with van der Waals surface area (Å²) in [7, 11) is 0. The number of fused-ring (bicyclic) bond motifs is 3. The van der Waals surface area contributed by atoms with Crippen LogP contribution < -0.4 is 10.6 Å². The maximum absolute atomic E-state index is 12.8. The van der Waals surface area contributed by atoms with Crippen LogP contribution in [-0.2, 0) is 9.59 Å². The molecule has 0 saturated carbocycles. The van der Waals surface area contributed by atoms with E-state index in [1.165, 1.54) is 6.92 Å². The van der Waals surface area contributed by atoms with Crippen LogP contribution in [0.4, 0.5) is 0 Å². The number of nitrogens with one attached hydrogen (secondary N) is 3. The van der Waals surface area contributed by atoms with Crippen molar-refractivity contribution >= 4 is 39.6 Å². The van der Waals surface area contributed by atoms with E-state index in [9.17, 15) is 14.4 Å². The zero-order chi connectivity index (χ0) is 21.1. The lowest BCUT2D eigenvalue weighted by atomic mass is 10.0. The molecule has 1 aromatic carbocycles. The topological polar surface area (TPSA) is 124 Å². The molecule has 8 nitrogen and oxygen atoms in total. The average Bonchev–Trinajstić information content (AvgIpc) is 3.04. The molecule has 2 heterocycles. The van der Waals surface area contributed by atoms with Crippen molar-refractivity contribution in [1.29, 1.82) is 0 Å². The fourth-order valence-corrected chi connectivity index (χ4v) is 3.18. The van der Waals surface area contributed by atoms with E-state index in [1.807, 2.05) is 38.1 Å². The number of aromatic nitrogens is 2. The number of carbonyl (C=O) groups is 3. The molecule has 3 aromatic rings. The first-order valence-electron chi connectivity index (χ1n) is 9.46. The summed E-state index contributed by atoms with van der Waals surface area (Å²) >= 11 is 0. The second-order valence-corrected chi connectivity index (χ2v) is 7.51. The molecule has 0 bridgehead atoms. The van der Waals surface area contributed by atoms with Gasteiger partial charge in [0.25, 0.3) is 5.91 Å². The van der Waals surface area contributed by atoms with Gasteiger partial charge in [0.15, 0.2) is 0 Å². The molecule has 29 heavy (non-hydrogen) atoms. The van der Waals surface area contributed by atoms with E-state index < -0.39 is 29.9 Å². The highest BCUT2D eigenvalue weighted by Gasteiger charge is 2.26. The van der Waals surface area contributed by atoms with Gasteiger partial charge in [-0.2, -0.15) is 0 Å². The molecule has 0 saturated heterocycles. The van der Waals surface area contributed by atoms with Gasteiger partial charge in [0.05, 0.1) is 11.7 Å². The molecule has 0 aliphatic rings. The molecule has 0 radical (unpaired) electrons. The number of hydrogen-bond acceptors (Lipinski definition) is 4. The van der Waals surface area contributed by atoms with Gasteiger partial charge in [0.1, 0.15) is 17.8 Å². The average molecular weight is 396 g/mol. The van der Waals surface area contributed by atoms with Gasteiger partial charge in [-0.05, 0) is 31.4 Å². The van der Waals surface area contributed by atoms with Crippen LogP contribution in [0.5, 0.6) is 0 Å². The lowest BCUT2D eigenvalue weighted by Crippen LogP contribution is -2.51. The van der Waals surface area contributed by atoms with Crippen molar-refractivity contribution in [3.63, 3.8) is 0 Å². The molecular formula is C21H24N4O4. The number of amides is 2. The Bertz CT molecular complexity index is 1070. The van der Waals surface area contributed by atoms with Gasteiger partial charge in [-0.3, -0.25) is 14.4 Å². The molecule has 2 aromatic heterocycles. The Hall–Kier alpha value is -3.42. The number of carbonyl (C=O) groups excluding carboxylic acids is 2. The first-order valence-corrected chi connectivity index (χ1v) is 9.46. The van der Waals surface area contributed by atoms with Crippen LogP contribution in [0.2, 0.25) is 0 Å². The zero-order valence-corrected chi connectivity index (χ0v) is 16.5. The first kappa shape index (κ1) is 20.3. The van der Waals surface area contributed by atoms with Crippen molar-refractivity contribution in [3.8, 4) is 0 Å². The molecule has 152 valence electrons. The van der Waals surface area contributed by atoms with Gasteiger partial charge in [-0.25, -0.2) is 4.98 Å². The Balaban J connectivity index is 1.84.